The molecule has 4 heteroatoms. The molecule has 0 saturated heterocycles. The molecule has 9 aromatic rings. The molecule has 0 amide bonds. The van der Waals surface area contributed by atoms with Gasteiger partial charge in [0.25, 0.3) is 0 Å². The number of hydrogen-bond acceptors (Lipinski definition) is 0. The molecule has 0 N–H and O–H groups in total. The molecule has 0 aliphatic carbocycles. The van der Waals surface area contributed by atoms with Gasteiger partial charge in [-0.2, -0.15) is 0 Å². The van der Waals surface area contributed by atoms with Crippen LogP contribution in [0.25, 0.3) is 88.1 Å². The molecule has 0 spiro atoms. The Morgan fingerprint density at radius 1 is 0.348 bits per heavy atom. The molecule has 0 atom stereocenters. The third kappa shape index (κ3) is 2.23. The maximum atomic E-state index is 2.71. The molecule has 0 saturated carbocycles. The normalized spacial score (nSPS) is 14.0. The lowest BCUT2D eigenvalue weighted by Crippen LogP contribution is -2.48. The largest absolute Gasteiger partial charge is 0.375 e. The first kappa shape index (κ1) is 22.7. The van der Waals surface area contributed by atoms with E-state index in [1.807, 2.05) is 0 Å². The number of aromatic nitrogens is 2. The summed E-state index contributed by atoms with van der Waals surface area (Å²) < 4.78 is 5.42. The van der Waals surface area contributed by atoms with Crippen molar-refractivity contribution in [2.75, 3.05) is 0 Å². The summed E-state index contributed by atoms with van der Waals surface area (Å²) in [7, 11) is 0. The molecule has 0 fully saturated rings. The first-order chi connectivity index (χ1) is 22.9. The molecule has 2 nitrogen and oxygen atoms in total. The molecule has 0 bridgehead atoms. The summed E-state index contributed by atoms with van der Waals surface area (Å²) in [4.78, 5) is 0. The van der Waals surface area contributed by atoms with Crippen LogP contribution < -0.4 is 21.9 Å². The van der Waals surface area contributed by atoms with Crippen molar-refractivity contribution in [1.82, 2.24) is 8.96 Å². The lowest BCUT2D eigenvalue weighted by atomic mass is 9.49. The maximum absolute atomic E-state index is 2.71. The van der Waals surface area contributed by atoms with Gasteiger partial charge >= 0.3 is 13.7 Å². The van der Waals surface area contributed by atoms with E-state index in [0.29, 0.717) is 0 Å². The number of fused-ring (bicyclic) bond motifs is 18. The van der Waals surface area contributed by atoms with Crippen LogP contribution in [0.2, 0.25) is 0 Å². The van der Waals surface area contributed by atoms with Gasteiger partial charge in [-0.3, -0.25) is 0 Å². The quantitative estimate of drug-likeness (QED) is 0.170. The molecular formula is C42H22B2N2. The van der Waals surface area contributed by atoms with Gasteiger partial charge in [0.2, 0.25) is 0 Å². The lowest BCUT2D eigenvalue weighted by Gasteiger charge is -2.29. The number of nitrogens with zero attached hydrogens (tertiary/aromatic N) is 2. The fourth-order valence-corrected chi connectivity index (χ4v) is 10.3. The van der Waals surface area contributed by atoms with E-state index in [4.69, 9.17) is 0 Å². The molecule has 206 valence electrons. The average molecular weight is 576 g/mol. The monoisotopic (exact) mass is 576 g/mol. The first-order valence-corrected chi connectivity index (χ1v) is 16.4. The van der Waals surface area contributed by atoms with Crippen LogP contribution in [-0.4, -0.2) is 22.7 Å². The molecule has 0 radical (unpaired) electrons. The Morgan fingerprint density at radius 3 is 1.24 bits per heavy atom. The highest BCUT2D eigenvalue weighted by molar-refractivity contribution is 6.93. The van der Waals surface area contributed by atoms with Crippen molar-refractivity contribution in [2.24, 2.45) is 0 Å². The van der Waals surface area contributed by atoms with Gasteiger partial charge in [-0.15, -0.1) is 0 Å². The number of hydrogen-bond donors (Lipinski definition) is 0. The minimum absolute atomic E-state index is 0.150. The highest BCUT2D eigenvalue weighted by Crippen LogP contribution is 2.54. The Hall–Kier alpha value is -5.73. The minimum atomic E-state index is 0.150. The summed E-state index contributed by atoms with van der Waals surface area (Å²) in [5, 5.41) is 5.48. The van der Waals surface area contributed by atoms with Crippen LogP contribution in [0.5, 0.6) is 0 Å². The summed E-state index contributed by atoms with van der Waals surface area (Å²) in [5.41, 5.74) is 22.2. The molecule has 7 aromatic carbocycles. The Kier molecular flexibility index (Phi) is 3.65. The highest BCUT2D eigenvalue weighted by Gasteiger charge is 2.47. The van der Waals surface area contributed by atoms with E-state index >= 15 is 0 Å². The van der Waals surface area contributed by atoms with Crippen molar-refractivity contribution in [3.63, 3.8) is 0 Å². The fourth-order valence-electron chi connectivity index (χ4n) is 10.3. The molecule has 0 unspecified atom stereocenters. The van der Waals surface area contributed by atoms with Crippen molar-refractivity contribution < 1.29 is 0 Å². The van der Waals surface area contributed by atoms with Crippen LogP contribution in [0.4, 0.5) is 0 Å². The van der Waals surface area contributed by atoms with E-state index in [-0.39, 0.29) is 13.7 Å². The van der Waals surface area contributed by atoms with E-state index in [9.17, 15) is 0 Å². The average Bonchev–Trinajstić information content (AvgIpc) is 3.84. The second kappa shape index (κ2) is 7.38. The van der Waals surface area contributed by atoms with Gasteiger partial charge in [-0.25, -0.2) is 0 Å². The van der Waals surface area contributed by atoms with Gasteiger partial charge in [-0.1, -0.05) is 121 Å². The molecule has 4 aliphatic rings. The lowest BCUT2D eigenvalue weighted by molar-refractivity contribution is 1.33. The number of benzene rings is 7. The topological polar surface area (TPSA) is 9.86 Å². The van der Waals surface area contributed by atoms with Crippen molar-refractivity contribution in [3.8, 4) is 44.5 Å². The van der Waals surface area contributed by atoms with Crippen molar-refractivity contribution >= 4 is 79.2 Å². The van der Waals surface area contributed by atoms with Crippen molar-refractivity contribution in [2.45, 2.75) is 0 Å². The molecule has 6 heterocycles. The summed E-state index contributed by atoms with van der Waals surface area (Å²) in [5.74, 6) is 0. The van der Waals surface area contributed by atoms with Gasteiger partial charge in [0.05, 0.1) is 0 Å². The Labute approximate surface area is 265 Å². The Bertz CT molecular complexity index is 2740. The zero-order chi connectivity index (χ0) is 29.4. The summed E-state index contributed by atoms with van der Waals surface area (Å²) in [6.07, 6.45) is 0. The molecule has 4 aliphatic heterocycles. The van der Waals surface area contributed by atoms with Crippen molar-refractivity contribution in [1.29, 1.82) is 0 Å². The van der Waals surface area contributed by atoms with Crippen LogP contribution in [0.3, 0.4) is 0 Å². The number of para-hydroxylation sites is 2. The van der Waals surface area contributed by atoms with E-state index < -0.39 is 0 Å². The smallest absolute Gasteiger partial charge is 0.330 e. The zero-order valence-electron chi connectivity index (χ0n) is 24.8. The summed E-state index contributed by atoms with van der Waals surface area (Å²) in [6, 6.07) is 50.6. The molecule has 13 rings (SSSR count). The third-order valence-corrected chi connectivity index (χ3v) is 11.7. The predicted molar refractivity (Wildman–Crippen MR) is 195 cm³/mol. The van der Waals surface area contributed by atoms with Crippen molar-refractivity contribution in [3.05, 3.63) is 133 Å². The highest BCUT2D eigenvalue weighted by atomic mass is 15.0. The molecule has 46 heavy (non-hydrogen) atoms. The molecular weight excluding hydrogens is 554 g/mol. The van der Waals surface area contributed by atoms with Gasteiger partial charge in [0, 0.05) is 54.7 Å². The van der Waals surface area contributed by atoms with E-state index in [1.54, 1.807) is 0 Å². The second-order valence-corrected chi connectivity index (χ2v) is 13.5. The zero-order valence-corrected chi connectivity index (χ0v) is 24.8. The standard InChI is InChI=1S/C42H22B2N2/c1-5-19-31-23(11-1)25-15-9-17-29-37-35-28-14-4-8-22-34(28)46-42(35)38(30-18-10-16-26-24-12-2-6-20-32(24)44(46)40(26)30)36-27-13-3-7-21-33(27)45(41(36)37)43(31)39(25)29/h1-22H. The third-order valence-electron chi connectivity index (χ3n) is 11.7. The van der Waals surface area contributed by atoms with Crippen LogP contribution >= 0.6 is 0 Å². The summed E-state index contributed by atoms with van der Waals surface area (Å²) in [6.45, 7) is 0.301. The van der Waals surface area contributed by atoms with Gasteiger partial charge < -0.3 is 8.96 Å². The fraction of sp³-hybridized carbons (Fsp3) is 0. The Morgan fingerprint density at radius 2 is 0.739 bits per heavy atom. The predicted octanol–water partition coefficient (Wildman–Crippen LogP) is 7.13. The molecule has 2 aromatic heterocycles. The van der Waals surface area contributed by atoms with E-state index in [0.717, 1.165) is 0 Å². The van der Waals surface area contributed by atoms with Crippen LogP contribution in [0.1, 0.15) is 0 Å². The van der Waals surface area contributed by atoms with Gasteiger partial charge in [0.15, 0.2) is 0 Å². The summed E-state index contributed by atoms with van der Waals surface area (Å²) >= 11 is 0. The van der Waals surface area contributed by atoms with Crippen LogP contribution in [0.15, 0.2) is 133 Å². The Balaban J connectivity index is 1.37. The van der Waals surface area contributed by atoms with E-state index in [1.165, 1.54) is 110 Å². The minimum Gasteiger partial charge on any atom is -0.375 e. The second-order valence-electron chi connectivity index (χ2n) is 13.5. The first-order valence-electron chi connectivity index (χ1n) is 16.4. The van der Waals surface area contributed by atoms with Crippen LogP contribution in [-0.2, 0) is 0 Å². The maximum Gasteiger partial charge on any atom is 0.330 e. The SMILES string of the molecule is c1ccc2c(c1)B1c3c-2cccc3-c2c3c4ccccc4n4c3c(c3c5ccccc5n1c23)-c1cccc2c1B4c1ccccc1-2. The van der Waals surface area contributed by atoms with Crippen LogP contribution in [0, 0.1) is 0 Å². The van der Waals surface area contributed by atoms with Gasteiger partial charge in [-0.05, 0) is 67.4 Å². The number of rotatable bonds is 0. The van der Waals surface area contributed by atoms with Gasteiger partial charge in [0.1, 0.15) is 0 Å². The van der Waals surface area contributed by atoms with E-state index in [2.05, 4.69) is 142 Å².